The molecule has 1 aromatic heterocycles. The number of nitrogens with one attached hydrogen (secondary N) is 1. The zero-order chi connectivity index (χ0) is 12.3. The van der Waals surface area contributed by atoms with Gasteiger partial charge in [-0.2, -0.15) is 4.98 Å². The molecular weight excluding hydrogens is 216 g/mol. The zero-order valence-electron chi connectivity index (χ0n) is 10.0. The van der Waals surface area contributed by atoms with Gasteiger partial charge in [0.1, 0.15) is 5.82 Å². The van der Waals surface area contributed by atoms with Crippen molar-refractivity contribution in [2.75, 3.05) is 37.5 Å². The van der Waals surface area contributed by atoms with Crippen molar-refractivity contribution in [2.45, 2.75) is 0 Å². The van der Waals surface area contributed by atoms with Crippen LogP contribution in [0.3, 0.4) is 0 Å². The van der Waals surface area contributed by atoms with Crippen LogP contribution in [0, 0.1) is 0 Å². The molecule has 1 aromatic carbocycles. The first-order chi connectivity index (χ1) is 8.26. The van der Waals surface area contributed by atoms with Crippen LogP contribution in [0.5, 0.6) is 0 Å². The van der Waals surface area contributed by atoms with Gasteiger partial charge in [-0.3, -0.25) is 0 Å². The summed E-state index contributed by atoms with van der Waals surface area (Å²) in [6.45, 7) is 0.647. The van der Waals surface area contributed by atoms with Gasteiger partial charge in [0.2, 0.25) is 5.95 Å². The van der Waals surface area contributed by atoms with Crippen LogP contribution in [-0.4, -0.2) is 42.3 Å². The second kappa shape index (κ2) is 4.97. The van der Waals surface area contributed by atoms with Crippen LogP contribution in [0.1, 0.15) is 0 Å². The Hall–Kier alpha value is -1.88. The Morgan fingerprint density at radius 3 is 2.76 bits per heavy atom. The van der Waals surface area contributed by atoms with E-state index >= 15 is 0 Å². The molecule has 0 aliphatic rings. The van der Waals surface area contributed by atoms with Crippen LogP contribution in [0.25, 0.3) is 10.9 Å². The van der Waals surface area contributed by atoms with Crippen molar-refractivity contribution in [3.05, 3.63) is 24.3 Å². The molecule has 0 unspecified atom stereocenters. The van der Waals surface area contributed by atoms with E-state index in [0.29, 0.717) is 12.5 Å². The van der Waals surface area contributed by atoms with Crippen molar-refractivity contribution >= 4 is 22.7 Å². The number of para-hydroxylation sites is 1. The van der Waals surface area contributed by atoms with E-state index in [1.807, 2.05) is 36.2 Å². The number of hydrogen-bond donors (Lipinski definition) is 2. The van der Waals surface area contributed by atoms with Crippen molar-refractivity contribution in [3.8, 4) is 0 Å². The number of likely N-dealkylation sites (N-methyl/N-ethyl adjacent to an activating group) is 1. The summed E-state index contributed by atoms with van der Waals surface area (Å²) in [5, 5.41) is 12.9. The van der Waals surface area contributed by atoms with E-state index in [-0.39, 0.29) is 6.61 Å². The normalized spacial score (nSPS) is 10.5. The molecule has 0 spiro atoms. The average molecular weight is 232 g/mol. The molecule has 17 heavy (non-hydrogen) atoms. The Kier molecular flexibility index (Phi) is 3.39. The van der Waals surface area contributed by atoms with Gasteiger partial charge >= 0.3 is 0 Å². The number of rotatable bonds is 4. The summed E-state index contributed by atoms with van der Waals surface area (Å²) in [5.41, 5.74) is 0.895. The van der Waals surface area contributed by atoms with Gasteiger partial charge in [-0.05, 0) is 12.1 Å². The van der Waals surface area contributed by atoms with Crippen LogP contribution < -0.4 is 10.2 Å². The van der Waals surface area contributed by atoms with Crippen LogP contribution in [0.2, 0.25) is 0 Å². The molecule has 0 aliphatic heterocycles. The SMILES string of the molecule is CNc1nc(N(C)CCO)c2ccccc2n1. The zero-order valence-corrected chi connectivity index (χ0v) is 10.0. The van der Waals surface area contributed by atoms with Crippen molar-refractivity contribution in [1.29, 1.82) is 0 Å². The molecular formula is C12H16N4O. The molecule has 1 heterocycles. The summed E-state index contributed by atoms with van der Waals surface area (Å²) < 4.78 is 0. The van der Waals surface area contributed by atoms with E-state index in [4.69, 9.17) is 5.11 Å². The van der Waals surface area contributed by atoms with Crippen molar-refractivity contribution in [1.82, 2.24) is 9.97 Å². The third-order valence-corrected chi connectivity index (χ3v) is 2.60. The van der Waals surface area contributed by atoms with E-state index in [0.717, 1.165) is 16.7 Å². The molecule has 0 saturated carbocycles. The van der Waals surface area contributed by atoms with E-state index in [9.17, 15) is 0 Å². The summed E-state index contributed by atoms with van der Waals surface area (Å²) in [6.07, 6.45) is 0. The minimum absolute atomic E-state index is 0.101. The molecule has 5 heteroatoms. The maximum Gasteiger partial charge on any atom is 0.224 e. The molecule has 0 bridgehead atoms. The number of hydrogen-bond acceptors (Lipinski definition) is 5. The summed E-state index contributed by atoms with van der Waals surface area (Å²) in [4.78, 5) is 10.7. The molecule has 0 atom stereocenters. The standard InChI is InChI=1S/C12H16N4O/c1-13-12-14-10-6-4-3-5-9(10)11(15-12)16(2)7-8-17/h3-6,17H,7-8H2,1-2H3,(H,13,14,15). The number of aliphatic hydroxyl groups excluding tert-OH is 1. The summed E-state index contributed by atoms with van der Waals surface area (Å²) >= 11 is 0. The van der Waals surface area contributed by atoms with Crippen molar-refractivity contribution in [2.24, 2.45) is 0 Å². The first kappa shape index (κ1) is 11.6. The van der Waals surface area contributed by atoms with Crippen LogP contribution in [-0.2, 0) is 0 Å². The van der Waals surface area contributed by atoms with E-state index < -0.39 is 0 Å². The number of aromatic nitrogens is 2. The van der Waals surface area contributed by atoms with Gasteiger partial charge in [0.05, 0.1) is 12.1 Å². The quantitative estimate of drug-likeness (QED) is 0.826. The maximum atomic E-state index is 9.00. The first-order valence-electron chi connectivity index (χ1n) is 5.53. The lowest BCUT2D eigenvalue weighted by atomic mass is 10.2. The Bertz CT molecular complexity index is 515. The number of benzene rings is 1. The smallest absolute Gasteiger partial charge is 0.224 e. The predicted molar refractivity (Wildman–Crippen MR) is 69.4 cm³/mol. The first-order valence-corrected chi connectivity index (χ1v) is 5.53. The summed E-state index contributed by atoms with van der Waals surface area (Å²) in [7, 11) is 3.70. The third-order valence-electron chi connectivity index (χ3n) is 2.60. The van der Waals surface area contributed by atoms with Gasteiger partial charge in [-0.1, -0.05) is 12.1 Å². The minimum Gasteiger partial charge on any atom is -0.395 e. The van der Waals surface area contributed by atoms with Crippen LogP contribution >= 0.6 is 0 Å². The Morgan fingerprint density at radius 2 is 2.06 bits per heavy atom. The van der Waals surface area contributed by atoms with Gasteiger partial charge in [0, 0.05) is 26.0 Å². The predicted octanol–water partition coefficient (Wildman–Crippen LogP) is 1.10. The van der Waals surface area contributed by atoms with Gasteiger partial charge in [0.15, 0.2) is 0 Å². The highest BCUT2D eigenvalue weighted by molar-refractivity contribution is 5.90. The largest absolute Gasteiger partial charge is 0.395 e. The maximum absolute atomic E-state index is 9.00. The van der Waals surface area contributed by atoms with Crippen LogP contribution in [0.15, 0.2) is 24.3 Å². The lowest BCUT2D eigenvalue weighted by Crippen LogP contribution is -2.23. The molecule has 2 N–H and O–H groups in total. The summed E-state index contributed by atoms with van der Waals surface area (Å²) in [5.74, 6) is 1.41. The van der Waals surface area contributed by atoms with E-state index in [2.05, 4.69) is 15.3 Å². The fourth-order valence-corrected chi connectivity index (χ4v) is 1.72. The number of aliphatic hydroxyl groups is 1. The highest BCUT2D eigenvalue weighted by Gasteiger charge is 2.10. The second-order valence-corrected chi connectivity index (χ2v) is 3.78. The molecule has 0 saturated heterocycles. The molecule has 90 valence electrons. The topological polar surface area (TPSA) is 61.3 Å². The van der Waals surface area contributed by atoms with Crippen LogP contribution in [0.4, 0.5) is 11.8 Å². The molecule has 0 aliphatic carbocycles. The van der Waals surface area contributed by atoms with Crippen molar-refractivity contribution < 1.29 is 5.11 Å². The fraction of sp³-hybridized carbons (Fsp3) is 0.333. The molecule has 2 rings (SSSR count). The number of anilines is 2. The van der Waals surface area contributed by atoms with Gasteiger partial charge in [-0.15, -0.1) is 0 Å². The van der Waals surface area contributed by atoms with Gasteiger partial charge in [0.25, 0.3) is 0 Å². The Labute approximate surface area is 100 Å². The lowest BCUT2D eigenvalue weighted by molar-refractivity contribution is 0.304. The fourth-order valence-electron chi connectivity index (χ4n) is 1.72. The molecule has 0 radical (unpaired) electrons. The van der Waals surface area contributed by atoms with E-state index in [1.165, 1.54) is 0 Å². The molecule has 0 amide bonds. The second-order valence-electron chi connectivity index (χ2n) is 3.78. The third kappa shape index (κ3) is 2.29. The summed E-state index contributed by atoms with van der Waals surface area (Å²) in [6, 6.07) is 7.84. The monoisotopic (exact) mass is 232 g/mol. The average Bonchev–Trinajstić information content (AvgIpc) is 2.37. The van der Waals surface area contributed by atoms with E-state index in [1.54, 1.807) is 7.05 Å². The molecule has 5 nitrogen and oxygen atoms in total. The van der Waals surface area contributed by atoms with Gasteiger partial charge in [-0.25, -0.2) is 4.98 Å². The number of fused-ring (bicyclic) bond motifs is 1. The highest BCUT2D eigenvalue weighted by Crippen LogP contribution is 2.23. The Balaban J connectivity index is 2.58. The lowest BCUT2D eigenvalue weighted by Gasteiger charge is -2.19. The van der Waals surface area contributed by atoms with Crippen molar-refractivity contribution in [3.63, 3.8) is 0 Å². The highest BCUT2D eigenvalue weighted by atomic mass is 16.3. The molecule has 0 fully saturated rings. The van der Waals surface area contributed by atoms with Gasteiger partial charge < -0.3 is 15.3 Å². The number of nitrogens with zero attached hydrogens (tertiary/aromatic N) is 3. The minimum atomic E-state index is 0.101. The molecule has 2 aromatic rings. The Morgan fingerprint density at radius 1 is 1.29 bits per heavy atom.